The Morgan fingerprint density at radius 2 is 1.71 bits per heavy atom. The normalized spacial score (nSPS) is 12.9. The summed E-state index contributed by atoms with van der Waals surface area (Å²) < 4.78 is 9.55. The number of hydrogen-bond donors (Lipinski definition) is 0. The third-order valence-corrected chi connectivity index (χ3v) is 1.98. The fourth-order valence-corrected chi connectivity index (χ4v) is 1.29. The molecule has 72 valence electrons. The second kappa shape index (κ2) is 4.58. The molecule has 3 heteroatoms. The summed E-state index contributed by atoms with van der Waals surface area (Å²) in [5.74, 6) is 0. The van der Waals surface area contributed by atoms with Gasteiger partial charge in [0, 0.05) is 0 Å². The highest BCUT2D eigenvalue weighted by molar-refractivity contribution is 5.27. The molecule has 2 aromatic rings. The minimum Gasteiger partial charge on any atom is -0.372 e. The first kappa shape index (κ1) is 8.97. The number of fused-ring (bicyclic) bond motifs is 1. The molecule has 14 heavy (non-hydrogen) atoms. The van der Waals surface area contributed by atoms with Crippen molar-refractivity contribution in [3.05, 3.63) is 53.9 Å². The van der Waals surface area contributed by atoms with E-state index in [1.165, 1.54) is 17.4 Å². The molecule has 3 nitrogen and oxygen atoms in total. The highest BCUT2D eigenvalue weighted by Crippen LogP contribution is 2.17. The molecule has 0 amide bonds. The molecule has 1 aliphatic rings. The Morgan fingerprint density at radius 1 is 1.00 bits per heavy atom. The molecule has 0 spiro atoms. The Kier molecular flexibility index (Phi) is 2.93. The van der Waals surface area contributed by atoms with Crippen LogP contribution < -0.4 is 0 Å². The molecule has 1 aromatic heterocycles. The maximum atomic E-state index is 5.21. The fraction of sp³-hybridized carbons (Fsp3) is 0.182. The second-order valence-electron chi connectivity index (χ2n) is 2.95. The SMILES string of the molecule is c1ccc2c(c1)COC2.c1cnoc1. The van der Waals surface area contributed by atoms with Crippen LogP contribution in [0.4, 0.5) is 0 Å². The third-order valence-electron chi connectivity index (χ3n) is 1.98. The average Bonchev–Trinajstić information content (AvgIpc) is 2.92. The highest BCUT2D eigenvalue weighted by atomic mass is 16.5. The Hall–Kier alpha value is -1.61. The fourth-order valence-electron chi connectivity index (χ4n) is 1.29. The van der Waals surface area contributed by atoms with Crippen LogP contribution in [0.1, 0.15) is 11.1 Å². The van der Waals surface area contributed by atoms with Crippen LogP contribution in [-0.4, -0.2) is 5.16 Å². The van der Waals surface area contributed by atoms with Gasteiger partial charge in [-0.1, -0.05) is 29.4 Å². The lowest BCUT2D eigenvalue weighted by atomic mass is 10.1. The molecule has 0 N–H and O–H groups in total. The first-order valence-corrected chi connectivity index (χ1v) is 4.45. The lowest BCUT2D eigenvalue weighted by Gasteiger charge is -1.90. The zero-order valence-electron chi connectivity index (χ0n) is 7.72. The van der Waals surface area contributed by atoms with E-state index in [0.29, 0.717) is 0 Å². The van der Waals surface area contributed by atoms with Crippen LogP contribution >= 0.6 is 0 Å². The van der Waals surface area contributed by atoms with Crippen LogP contribution in [0, 0.1) is 0 Å². The summed E-state index contributed by atoms with van der Waals surface area (Å²) in [6.45, 7) is 1.60. The Bertz CT molecular complexity index is 330. The second-order valence-corrected chi connectivity index (χ2v) is 2.95. The molecule has 0 fully saturated rings. The lowest BCUT2D eigenvalue weighted by Crippen LogP contribution is -1.77. The van der Waals surface area contributed by atoms with E-state index in [1.807, 2.05) is 12.1 Å². The molecule has 3 rings (SSSR count). The highest BCUT2D eigenvalue weighted by Gasteiger charge is 2.07. The van der Waals surface area contributed by atoms with Gasteiger partial charge in [0.05, 0.1) is 19.4 Å². The van der Waals surface area contributed by atoms with Crippen LogP contribution in [0.15, 0.2) is 47.3 Å². The standard InChI is InChI=1S/C8H8O.C3H3NO/c1-2-4-8-6-9-5-7(8)3-1;1-2-4-5-3-1/h1-4H,5-6H2;1-3H. The van der Waals surface area contributed by atoms with E-state index in [2.05, 4.69) is 21.8 Å². The topological polar surface area (TPSA) is 35.3 Å². The van der Waals surface area contributed by atoms with Gasteiger partial charge in [-0.2, -0.15) is 0 Å². The van der Waals surface area contributed by atoms with Crippen molar-refractivity contribution in [2.75, 3.05) is 0 Å². The number of benzene rings is 1. The van der Waals surface area contributed by atoms with Gasteiger partial charge in [0.2, 0.25) is 0 Å². The molecule has 0 unspecified atom stereocenters. The van der Waals surface area contributed by atoms with Crippen LogP contribution in [0.2, 0.25) is 0 Å². The van der Waals surface area contributed by atoms with E-state index in [-0.39, 0.29) is 0 Å². The van der Waals surface area contributed by atoms with Crippen molar-refractivity contribution in [1.82, 2.24) is 5.16 Å². The van der Waals surface area contributed by atoms with Crippen LogP contribution in [0.3, 0.4) is 0 Å². The van der Waals surface area contributed by atoms with E-state index < -0.39 is 0 Å². The molecular weight excluding hydrogens is 178 g/mol. The van der Waals surface area contributed by atoms with Gasteiger partial charge >= 0.3 is 0 Å². The van der Waals surface area contributed by atoms with Gasteiger partial charge in [0.1, 0.15) is 6.26 Å². The Morgan fingerprint density at radius 3 is 2.14 bits per heavy atom. The minimum absolute atomic E-state index is 0.802. The number of nitrogens with zero attached hydrogens (tertiary/aromatic N) is 1. The molecule has 0 bridgehead atoms. The first-order chi connectivity index (χ1) is 6.97. The van der Waals surface area contributed by atoms with Gasteiger partial charge in [-0.3, -0.25) is 0 Å². The van der Waals surface area contributed by atoms with Gasteiger partial charge in [0.25, 0.3) is 0 Å². The van der Waals surface area contributed by atoms with Crippen LogP contribution in [0.5, 0.6) is 0 Å². The van der Waals surface area contributed by atoms with Crippen LogP contribution in [-0.2, 0) is 18.0 Å². The maximum absolute atomic E-state index is 5.21. The Labute approximate surface area is 82.3 Å². The largest absolute Gasteiger partial charge is 0.372 e. The van der Waals surface area contributed by atoms with Crippen molar-refractivity contribution in [2.24, 2.45) is 0 Å². The molecule has 0 aliphatic carbocycles. The van der Waals surface area contributed by atoms with Crippen LogP contribution in [0.25, 0.3) is 0 Å². The first-order valence-electron chi connectivity index (χ1n) is 4.45. The number of aromatic nitrogens is 1. The summed E-state index contributed by atoms with van der Waals surface area (Å²) in [6, 6.07) is 10.0. The smallest absolute Gasteiger partial charge is 0.123 e. The molecule has 2 heterocycles. The molecular formula is C11H11NO2. The number of hydrogen-bond acceptors (Lipinski definition) is 3. The van der Waals surface area contributed by atoms with Gasteiger partial charge in [-0.05, 0) is 17.2 Å². The van der Waals surface area contributed by atoms with Crippen molar-refractivity contribution >= 4 is 0 Å². The van der Waals surface area contributed by atoms with Crippen molar-refractivity contribution in [3.8, 4) is 0 Å². The van der Waals surface area contributed by atoms with Crippen molar-refractivity contribution in [1.29, 1.82) is 0 Å². The lowest BCUT2D eigenvalue weighted by molar-refractivity contribution is 0.134. The number of ether oxygens (including phenoxy) is 1. The summed E-state index contributed by atoms with van der Waals surface area (Å²) in [5.41, 5.74) is 2.69. The van der Waals surface area contributed by atoms with Crippen molar-refractivity contribution < 1.29 is 9.26 Å². The van der Waals surface area contributed by atoms with Gasteiger partial charge in [0.15, 0.2) is 0 Å². The van der Waals surface area contributed by atoms with E-state index in [1.54, 1.807) is 12.3 Å². The molecule has 1 aromatic carbocycles. The third kappa shape index (κ3) is 2.20. The van der Waals surface area contributed by atoms with E-state index >= 15 is 0 Å². The number of rotatable bonds is 0. The van der Waals surface area contributed by atoms with E-state index in [9.17, 15) is 0 Å². The molecule has 0 saturated carbocycles. The minimum atomic E-state index is 0.802. The van der Waals surface area contributed by atoms with E-state index in [0.717, 1.165) is 13.2 Å². The van der Waals surface area contributed by atoms with Gasteiger partial charge in [-0.25, -0.2) is 0 Å². The monoisotopic (exact) mass is 189 g/mol. The summed E-state index contributed by atoms with van der Waals surface area (Å²) in [7, 11) is 0. The van der Waals surface area contributed by atoms with Gasteiger partial charge in [-0.15, -0.1) is 0 Å². The predicted molar refractivity (Wildman–Crippen MR) is 51.4 cm³/mol. The predicted octanol–water partition coefficient (Wildman–Crippen LogP) is 2.39. The van der Waals surface area contributed by atoms with E-state index in [4.69, 9.17) is 4.74 Å². The quantitative estimate of drug-likeness (QED) is 0.638. The molecule has 1 aliphatic heterocycles. The zero-order valence-corrected chi connectivity index (χ0v) is 7.72. The summed E-state index contributed by atoms with van der Waals surface area (Å²) in [6.07, 6.45) is 3.10. The average molecular weight is 189 g/mol. The summed E-state index contributed by atoms with van der Waals surface area (Å²) in [4.78, 5) is 0. The molecule has 0 atom stereocenters. The van der Waals surface area contributed by atoms with Crippen molar-refractivity contribution in [3.63, 3.8) is 0 Å². The molecule has 0 radical (unpaired) electrons. The summed E-state index contributed by atoms with van der Waals surface area (Å²) in [5, 5.41) is 3.35. The summed E-state index contributed by atoms with van der Waals surface area (Å²) >= 11 is 0. The van der Waals surface area contributed by atoms with Crippen molar-refractivity contribution in [2.45, 2.75) is 13.2 Å². The van der Waals surface area contributed by atoms with Gasteiger partial charge < -0.3 is 9.26 Å². The Balaban J connectivity index is 0.000000128. The zero-order chi connectivity index (χ0) is 9.64. The maximum Gasteiger partial charge on any atom is 0.123 e. The molecule has 0 saturated heterocycles.